The summed E-state index contributed by atoms with van der Waals surface area (Å²) in [5.74, 6) is -2.80. The molecule has 4 rings (SSSR count). The molecular formula is C24H19Cl2F3N4O2S. The number of guanidine groups is 1. The van der Waals surface area contributed by atoms with Crippen molar-refractivity contribution >= 4 is 44.9 Å². The molecule has 0 radical (unpaired) electrons. The minimum Gasteiger partial charge on any atom is -0.351 e. The van der Waals surface area contributed by atoms with Gasteiger partial charge in [0.25, 0.3) is 10.0 Å². The van der Waals surface area contributed by atoms with Gasteiger partial charge in [-0.25, -0.2) is 18.2 Å². The third-order valence-electron chi connectivity index (χ3n) is 5.34. The molecule has 0 saturated heterocycles. The van der Waals surface area contributed by atoms with Crippen molar-refractivity contribution in [1.82, 2.24) is 10.3 Å². The molecule has 36 heavy (non-hydrogen) atoms. The summed E-state index contributed by atoms with van der Waals surface area (Å²) in [5.41, 5.74) is 0.536. The molecule has 0 bridgehead atoms. The number of nitrogens with one attached hydrogen (secondary N) is 1. The van der Waals surface area contributed by atoms with Gasteiger partial charge in [0.2, 0.25) is 5.96 Å². The number of nitrogens with zero attached hydrogens (tertiary/aromatic N) is 3. The molecule has 3 aromatic rings. The molecule has 1 aliphatic rings. The molecule has 0 amide bonds. The Morgan fingerprint density at radius 1 is 1.00 bits per heavy atom. The van der Waals surface area contributed by atoms with Crippen LogP contribution in [0.2, 0.25) is 10.0 Å². The predicted molar refractivity (Wildman–Crippen MR) is 134 cm³/mol. The molecule has 1 N–H and O–H groups in total. The summed E-state index contributed by atoms with van der Waals surface area (Å²) in [5, 5.41) is 8.99. The van der Waals surface area contributed by atoms with Crippen molar-refractivity contribution in [2.75, 3.05) is 19.8 Å². The van der Waals surface area contributed by atoms with Crippen LogP contribution in [0.3, 0.4) is 0 Å². The maximum Gasteiger partial charge on any atom is 0.285 e. The van der Waals surface area contributed by atoms with E-state index in [9.17, 15) is 21.6 Å². The molecule has 188 valence electrons. The highest BCUT2D eigenvalue weighted by atomic mass is 35.5. The van der Waals surface area contributed by atoms with Crippen molar-refractivity contribution in [3.05, 3.63) is 99.5 Å². The van der Waals surface area contributed by atoms with Gasteiger partial charge in [-0.2, -0.15) is 13.5 Å². The Morgan fingerprint density at radius 2 is 1.58 bits per heavy atom. The van der Waals surface area contributed by atoms with Crippen LogP contribution in [-0.2, 0) is 10.0 Å². The van der Waals surface area contributed by atoms with Gasteiger partial charge in [-0.15, -0.1) is 4.40 Å². The van der Waals surface area contributed by atoms with Crippen molar-refractivity contribution < 1.29 is 21.6 Å². The second kappa shape index (κ2) is 10.9. The van der Waals surface area contributed by atoms with E-state index < -0.39 is 34.3 Å². The zero-order valence-electron chi connectivity index (χ0n) is 18.5. The van der Waals surface area contributed by atoms with Gasteiger partial charge < -0.3 is 5.32 Å². The van der Waals surface area contributed by atoms with Crippen LogP contribution in [0.15, 0.2) is 81.1 Å². The highest BCUT2D eigenvalue weighted by molar-refractivity contribution is 7.90. The summed E-state index contributed by atoms with van der Waals surface area (Å²) < 4.78 is 72.3. The normalized spacial score (nSPS) is 16.2. The van der Waals surface area contributed by atoms with Crippen LogP contribution in [0, 0.1) is 11.6 Å². The lowest BCUT2D eigenvalue weighted by Gasteiger charge is -2.19. The fourth-order valence-electron chi connectivity index (χ4n) is 3.69. The first-order chi connectivity index (χ1) is 17.2. The summed E-state index contributed by atoms with van der Waals surface area (Å²) in [7, 11) is -4.26. The second-order valence-corrected chi connectivity index (χ2v) is 10.2. The van der Waals surface area contributed by atoms with Crippen molar-refractivity contribution in [1.29, 1.82) is 0 Å². The van der Waals surface area contributed by atoms with Crippen LogP contribution in [0.5, 0.6) is 0 Å². The zero-order chi connectivity index (χ0) is 25.9. The molecule has 0 fully saturated rings. The smallest absolute Gasteiger partial charge is 0.285 e. The van der Waals surface area contributed by atoms with E-state index in [1.54, 1.807) is 24.3 Å². The number of halogens is 5. The molecule has 3 aromatic carbocycles. The summed E-state index contributed by atoms with van der Waals surface area (Å²) in [6.45, 7) is -1.26. The lowest BCUT2D eigenvalue weighted by molar-refractivity contribution is 0.431. The van der Waals surface area contributed by atoms with Crippen molar-refractivity contribution in [2.45, 2.75) is 10.8 Å². The van der Waals surface area contributed by atoms with Gasteiger partial charge in [-0.3, -0.25) is 0 Å². The maximum atomic E-state index is 14.8. The lowest BCUT2D eigenvalue weighted by atomic mass is 9.90. The molecule has 0 spiro atoms. The van der Waals surface area contributed by atoms with Crippen LogP contribution in [-0.4, -0.2) is 44.9 Å². The number of hydrazone groups is 1. The van der Waals surface area contributed by atoms with E-state index in [2.05, 4.69) is 14.8 Å². The third-order valence-corrected chi connectivity index (χ3v) is 7.13. The largest absolute Gasteiger partial charge is 0.351 e. The number of alkyl halides is 1. The number of sulfonamides is 1. The van der Waals surface area contributed by atoms with E-state index >= 15 is 0 Å². The molecule has 1 unspecified atom stereocenters. The highest BCUT2D eigenvalue weighted by Gasteiger charge is 2.35. The quantitative estimate of drug-likeness (QED) is 0.328. The van der Waals surface area contributed by atoms with Gasteiger partial charge in [-0.1, -0.05) is 41.4 Å². The van der Waals surface area contributed by atoms with E-state index in [1.165, 1.54) is 30.3 Å². The number of hydrogen-bond donors (Lipinski definition) is 1. The standard InChI is InChI=1S/C24H19Cl2F3N4O2S/c25-16-6-4-15(5-7-16)23-19(22-20(28)2-1-3-21(22)29)14-33(31-23)24(30-13-12-27)32-36(34,35)18-10-8-17(26)9-11-18/h1-11,19H,12-14H2,(H,30,32). The van der Waals surface area contributed by atoms with Crippen molar-refractivity contribution in [2.24, 2.45) is 9.50 Å². The predicted octanol–water partition coefficient (Wildman–Crippen LogP) is 5.38. The van der Waals surface area contributed by atoms with Gasteiger partial charge in [0.15, 0.2) is 0 Å². The lowest BCUT2D eigenvalue weighted by Crippen LogP contribution is -2.39. The van der Waals surface area contributed by atoms with Crippen LogP contribution in [0.25, 0.3) is 0 Å². The van der Waals surface area contributed by atoms with Crippen molar-refractivity contribution in [3.63, 3.8) is 0 Å². The van der Waals surface area contributed by atoms with Crippen molar-refractivity contribution in [3.8, 4) is 0 Å². The van der Waals surface area contributed by atoms with E-state index in [0.717, 1.165) is 17.1 Å². The molecule has 0 aliphatic carbocycles. The number of benzene rings is 3. The fourth-order valence-corrected chi connectivity index (χ4v) is 4.91. The van der Waals surface area contributed by atoms with E-state index in [4.69, 9.17) is 23.2 Å². The maximum absolute atomic E-state index is 14.8. The Balaban J connectivity index is 1.81. The van der Waals surface area contributed by atoms with Crippen LogP contribution in [0.1, 0.15) is 17.0 Å². The Kier molecular flexibility index (Phi) is 7.87. The molecule has 1 atom stereocenters. The minimum atomic E-state index is -4.26. The monoisotopic (exact) mass is 554 g/mol. The Bertz CT molecular complexity index is 1400. The van der Waals surface area contributed by atoms with Gasteiger partial charge in [0.05, 0.1) is 23.1 Å². The molecule has 0 saturated carbocycles. The molecular weight excluding hydrogens is 536 g/mol. The summed E-state index contributed by atoms with van der Waals surface area (Å²) in [4.78, 5) is -0.149. The first-order valence-corrected chi connectivity index (χ1v) is 12.9. The first kappa shape index (κ1) is 26.0. The molecule has 6 nitrogen and oxygen atoms in total. The highest BCUT2D eigenvalue weighted by Crippen LogP contribution is 2.33. The van der Waals surface area contributed by atoms with E-state index in [-0.39, 0.29) is 35.2 Å². The topological polar surface area (TPSA) is 74.1 Å². The third kappa shape index (κ3) is 5.66. The molecule has 1 aliphatic heterocycles. The Morgan fingerprint density at radius 3 is 2.17 bits per heavy atom. The average molecular weight is 555 g/mol. The Hall–Kier alpha value is -3.08. The number of hydrogen-bond acceptors (Lipinski definition) is 3. The fraction of sp³-hybridized carbons (Fsp3) is 0.167. The Labute approximate surface area is 216 Å². The summed E-state index contributed by atoms with van der Waals surface area (Å²) in [6, 6.07) is 15.3. The average Bonchev–Trinajstić information content (AvgIpc) is 3.27. The molecule has 1 heterocycles. The van der Waals surface area contributed by atoms with Crippen LogP contribution < -0.4 is 5.32 Å². The summed E-state index contributed by atoms with van der Waals surface area (Å²) >= 11 is 11.8. The summed E-state index contributed by atoms with van der Waals surface area (Å²) in [6.07, 6.45) is 0. The zero-order valence-corrected chi connectivity index (χ0v) is 20.8. The van der Waals surface area contributed by atoms with E-state index in [1.807, 2.05) is 0 Å². The minimum absolute atomic E-state index is 0.149. The van der Waals surface area contributed by atoms with Gasteiger partial charge in [0, 0.05) is 22.2 Å². The second-order valence-electron chi connectivity index (χ2n) is 7.72. The number of rotatable bonds is 6. The van der Waals surface area contributed by atoms with Crippen LogP contribution in [0.4, 0.5) is 13.2 Å². The van der Waals surface area contributed by atoms with E-state index in [0.29, 0.717) is 15.6 Å². The van der Waals surface area contributed by atoms with Crippen LogP contribution >= 0.6 is 23.2 Å². The SMILES string of the molecule is O=S(=O)(/N=C(\NCCF)N1CC(c2c(F)cccc2F)C(c2ccc(Cl)cc2)=N1)c1ccc(Cl)cc1. The van der Waals surface area contributed by atoms with Gasteiger partial charge in [0.1, 0.15) is 18.3 Å². The molecule has 0 aromatic heterocycles. The van der Waals surface area contributed by atoms with Gasteiger partial charge in [-0.05, 0) is 54.1 Å². The van der Waals surface area contributed by atoms with Gasteiger partial charge >= 0.3 is 0 Å². The molecule has 12 heteroatoms. The first-order valence-electron chi connectivity index (χ1n) is 10.7.